The van der Waals surface area contributed by atoms with E-state index in [1.165, 1.54) is 10.5 Å². The van der Waals surface area contributed by atoms with Gasteiger partial charge in [-0.1, -0.05) is 35.9 Å². The summed E-state index contributed by atoms with van der Waals surface area (Å²) in [5.74, 6) is 0.284. The highest BCUT2D eigenvalue weighted by Crippen LogP contribution is 2.62. The summed E-state index contributed by atoms with van der Waals surface area (Å²) in [5, 5.41) is 0.691. The van der Waals surface area contributed by atoms with E-state index < -0.39 is 5.54 Å². The molecule has 0 bridgehead atoms. The topological polar surface area (TPSA) is 67.9 Å². The van der Waals surface area contributed by atoms with Crippen molar-refractivity contribution in [2.45, 2.75) is 43.7 Å². The molecule has 2 aliphatic carbocycles. The maximum absolute atomic E-state index is 13.7. The summed E-state index contributed by atoms with van der Waals surface area (Å²) in [7, 11) is 3.49. The Balaban J connectivity index is 1.67. The lowest BCUT2D eigenvalue weighted by molar-refractivity contribution is -0.137. The zero-order valence-electron chi connectivity index (χ0n) is 17.3. The summed E-state index contributed by atoms with van der Waals surface area (Å²) < 4.78 is 5.61. The molecule has 0 saturated heterocycles. The van der Waals surface area contributed by atoms with E-state index in [1.54, 1.807) is 14.2 Å². The van der Waals surface area contributed by atoms with Crippen LogP contribution >= 0.6 is 11.6 Å². The van der Waals surface area contributed by atoms with Crippen molar-refractivity contribution in [1.82, 2.24) is 4.90 Å². The average molecular weight is 424 g/mol. The van der Waals surface area contributed by atoms with E-state index in [9.17, 15) is 4.79 Å². The third-order valence-corrected chi connectivity index (χ3v) is 7.65. The number of ether oxygens (including phenoxy) is 1. The Morgan fingerprint density at radius 1 is 1.17 bits per heavy atom. The predicted molar refractivity (Wildman–Crippen MR) is 118 cm³/mol. The van der Waals surface area contributed by atoms with E-state index in [-0.39, 0.29) is 17.4 Å². The first-order valence-corrected chi connectivity index (χ1v) is 10.8. The summed E-state index contributed by atoms with van der Waals surface area (Å²) >= 11 is 6.23. The second-order valence-electron chi connectivity index (χ2n) is 8.82. The number of methoxy groups -OCH3 is 1. The van der Waals surface area contributed by atoms with Gasteiger partial charge in [0, 0.05) is 24.6 Å². The number of hydrogen-bond donors (Lipinski definition) is 1. The smallest absolute Gasteiger partial charge is 0.262 e. The van der Waals surface area contributed by atoms with E-state index in [1.807, 2.05) is 24.3 Å². The number of carbonyl (C=O) groups is 1. The van der Waals surface area contributed by atoms with Crippen LogP contribution in [-0.4, -0.2) is 37.0 Å². The van der Waals surface area contributed by atoms with Crippen LogP contribution in [0.1, 0.15) is 36.8 Å². The van der Waals surface area contributed by atoms with Crippen molar-refractivity contribution in [3.05, 3.63) is 58.6 Å². The first kappa shape index (κ1) is 19.6. The average Bonchev–Trinajstić information content (AvgIpc) is 3.15. The van der Waals surface area contributed by atoms with Crippen molar-refractivity contribution in [2.75, 3.05) is 14.2 Å². The van der Waals surface area contributed by atoms with Gasteiger partial charge in [0.15, 0.2) is 11.5 Å². The highest BCUT2D eigenvalue weighted by molar-refractivity contribution is 6.30. The van der Waals surface area contributed by atoms with E-state index in [4.69, 9.17) is 27.1 Å². The maximum Gasteiger partial charge on any atom is 0.262 e. The van der Waals surface area contributed by atoms with Crippen LogP contribution < -0.4 is 5.73 Å². The van der Waals surface area contributed by atoms with Crippen LogP contribution in [0.2, 0.25) is 5.02 Å². The van der Waals surface area contributed by atoms with Gasteiger partial charge in [-0.2, -0.15) is 0 Å². The fraction of sp³-hybridized carbons (Fsp3) is 0.417. The van der Waals surface area contributed by atoms with Crippen molar-refractivity contribution >= 4 is 23.5 Å². The van der Waals surface area contributed by atoms with Gasteiger partial charge in [0.25, 0.3) is 5.91 Å². The van der Waals surface area contributed by atoms with Crippen LogP contribution in [-0.2, 0) is 21.5 Å². The molecule has 2 spiro atoms. The van der Waals surface area contributed by atoms with Gasteiger partial charge in [-0.05, 0) is 72.6 Å². The Labute approximate surface area is 181 Å². The minimum absolute atomic E-state index is 0.0159. The van der Waals surface area contributed by atoms with Crippen LogP contribution in [0.15, 0.2) is 47.5 Å². The van der Waals surface area contributed by atoms with Gasteiger partial charge >= 0.3 is 0 Å². The number of carbonyl (C=O) groups excluding carboxylic acids is 1. The number of nitrogens with zero attached hydrogens (tertiary/aromatic N) is 2. The first-order chi connectivity index (χ1) is 14.4. The van der Waals surface area contributed by atoms with Crippen LogP contribution in [0, 0.1) is 5.41 Å². The molecule has 1 unspecified atom stereocenters. The van der Waals surface area contributed by atoms with Crippen molar-refractivity contribution in [2.24, 2.45) is 16.1 Å². The summed E-state index contributed by atoms with van der Waals surface area (Å²) in [4.78, 5) is 20.1. The molecule has 1 amide bonds. The largest absolute Gasteiger partial charge is 0.381 e. The van der Waals surface area contributed by atoms with Gasteiger partial charge in [0.05, 0.1) is 6.10 Å². The Morgan fingerprint density at radius 2 is 1.90 bits per heavy atom. The lowest BCUT2D eigenvalue weighted by Gasteiger charge is -2.45. The second kappa shape index (κ2) is 6.82. The Hall–Kier alpha value is -2.37. The van der Waals surface area contributed by atoms with Crippen molar-refractivity contribution in [3.8, 4) is 11.1 Å². The van der Waals surface area contributed by atoms with Crippen LogP contribution in [0.4, 0.5) is 0 Å². The minimum Gasteiger partial charge on any atom is -0.381 e. The van der Waals surface area contributed by atoms with Gasteiger partial charge in [-0.3, -0.25) is 9.69 Å². The Kier molecular flexibility index (Phi) is 4.46. The van der Waals surface area contributed by atoms with Crippen LogP contribution in [0.25, 0.3) is 11.1 Å². The normalized spacial score (nSPS) is 30.2. The molecule has 30 heavy (non-hydrogen) atoms. The molecule has 5 rings (SSSR count). The Bertz CT molecular complexity index is 1060. The molecule has 1 atom stereocenters. The highest BCUT2D eigenvalue weighted by atomic mass is 35.5. The van der Waals surface area contributed by atoms with E-state index in [2.05, 4.69) is 18.2 Å². The summed E-state index contributed by atoms with van der Waals surface area (Å²) in [6.07, 6.45) is 4.73. The molecular weight excluding hydrogens is 398 g/mol. The molecule has 1 aliphatic heterocycles. The minimum atomic E-state index is -0.950. The molecule has 156 valence electrons. The van der Waals surface area contributed by atoms with Crippen molar-refractivity contribution in [1.29, 1.82) is 0 Å². The predicted octanol–water partition coefficient (Wildman–Crippen LogP) is 4.12. The fourth-order valence-corrected chi connectivity index (χ4v) is 5.96. The summed E-state index contributed by atoms with van der Waals surface area (Å²) in [6, 6.07) is 14.2. The number of nitrogens with two attached hydrogens (primary N) is 1. The lowest BCUT2D eigenvalue weighted by atomic mass is 9.61. The number of amides is 1. The molecule has 0 aromatic heterocycles. The number of halogens is 1. The van der Waals surface area contributed by atoms with Crippen LogP contribution in [0.5, 0.6) is 0 Å². The van der Waals surface area contributed by atoms with Gasteiger partial charge in [-0.15, -0.1) is 0 Å². The Morgan fingerprint density at radius 3 is 2.53 bits per heavy atom. The molecule has 2 aromatic rings. The monoisotopic (exact) mass is 423 g/mol. The zero-order valence-corrected chi connectivity index (χ0v) is 18.1. The number of fused-ring (bicyclic) bond motifs is 3. The van der Waals surface area contributed by atoms with Crippen molar-refractivity contribution < 1.29 is 9.53 Å². The van der Waals surface area contributed by atoms with Gasteiger partial charge in [0.2, 0.25) is 0 Å². The number of likely N-dealkylation sites (N-methyl/N-ethyl adjacent to an activating group) is 1. The highest BCUT2D eigenvalue weighted by Gasteiger charge is 2.66. The van der Waals surface area contributed by atoms with Crippen molar-refractivity contribution in [3.63, 3.8) is 0 Å². The molecule has 1 saturated carbocycles. The van der Waals surface area contributed by atoms with Crippen LogP contribution in [0.3, 0.4) is 0 Å². The first-order valence-electron chi connectivity index (χ1n) is 10.5. The molecule has 3 aliphatic rings. The molecular formula is C24H26ClN3O2. The molecule has 1 heterocycles. The molecule has 6 heteroatoms. The lowest BCUT2D eigenvalue weighted by Crippen LogP contribution is -2.51. The number of rotatable bonds is 2. The molecule has 0 radical (unpaired) electrons. The molecule has 2 aromatic carbocycles. The fourth-order valence-electron chi connectivity index (χ4n) is 5.77. The third-order valence-electron chi connectivity index (χ3n) is 7.42. The van der Waals surface area contributed by atoms with Gasteiger partial charge < -0.3 is 10.5 Å². The quantitative estimate of drug-likeness (QED) is 0.789. The standard InChI is InChI=1S/C24H26ClN3O2/c1-28-21(29)24(27-22(28)26)20-13-16(15-4-3-5-18(25)12-15)6-7-17(20)14-23(24)10-8-19(30-2)9-11-23/h3-7,12-13,19H,8-11,14H2,1-2H3,(H2,26,27). The molecule has 1 fully saturated rings. The second-order valence-corrected chi connectivity index (χ2v) is 9.26. The summed E-state index contributed by atoms with van der Waals surface area (Å²) in [6.45, 7) is 0. The maximum atomic E-state index is 13.7. The summed E-state index contributed by atoms with van der Waals surface area (Å²) in [5.41, 5.74) is 9.25. The molecule has 5 nitrogen and oxygen atoms in total. The van der Waals surface area contributed by atoms with E-state index in [0.717, 1.165) is 48.8 Å². The van der Waals surface area contributed by atoms with Gasteiger partial charge in [0.1, 0.15) is 0 Å². The van der Waals surface area contributed by atoms with E-state index in [0.29, 0.717) is 11.0 Å². The molecule has 2 N–H and O–H groups in total. The third kappa shape index (κ3) is 2.58. The number of benzene rings is 2. The SMILES string of the molecule is COC1CCC2(CC1)Cc1ccc(-c3cccc(Cl)c3)cc1C21N=C(N)N(C)C1=O. The number of guanidine groups is 1. The number of aliphatic imine (C=N–C) groups is 1. The van der Waals surface area contributed by atoms with Gasteiger partial charge in [-0.25, -0.2) is 4.99 Å². The van der Waals surface area contributed by atoms with E-state index >= 15 is 0 Å². The number of hydrogen-bond acceptors (Lipinski definition) is 4. The zero-order chi connectivity index (χ0) is 21.1.